The third-order valence-electron chi connectivity index (χ3n) is 2.96. The molecule has 0 bridgehead atoms. The molecule has 1 aromatic carbocycles. The Kier molecular flexibility index (Phi) is 3.99. The van der Waals surface area contributed by atoms with Crippen LogP contribution in [0.1, 0.15) is 24.5 Å². The Bertz CT molecular complexity index is 499. The van der Waals surface area contributed by atoms with Crippen molar-refractivity contribution in [3.05, 3.63) is 11.1 Å². The number of oxime groups is 1. The van der Waals surface area contributed by atoms with Crippen LogP contribution in [-0.2, 0) is 6.42 Å². The predicted octanol–water partition coefficient (Wildman–Crippen LogP) is 2.19. The number of benzene rings is 1. The summed E-state index contributed by atoms with van der Waals surface area (Å²) in [7, 11) is 3.11. The first-order valence-corrected chi connectivity index (χ1v) is 6.02. The van der Waals surface area contributed by atoms with Crippen LogP contribution < -0.4 is 18.9 Å². The zero-order valence-electron chi connectivity index (χ0n) is 11.2. The molecule has 6 nitrogen and oxygen atoms in total. The van der Waals surface area contributed by atoms with Crippen LogP contribution in [0.3, 0.4) is 0 Å². The van der Waals surface area contributed by atoms with Gasteiger partial charge in [0.05, 0.1) is 20.4 Å². The number of rotatable bonds is 5. The maximum absolute atomic E-state index is 8.85. The number of methoxy groups -OCH3 is 2. The van der Waals surface area contributed by atoms with Gasteiger partial charge in [0, 0.05) is 11.1 Å². The van der Waals surface area contributed by atoms with E-state index >= 15 is 0 Å². The Morgan fingerprint density at radius 2 is 1.84 bits per heavy atom. The normalized spacial score (nSPS) is 13.0. The van der Waals surface area contributed by atoms with Crippen molar-refractivity contribution in [2.75, 3.05) is 21.0 Å². The van der Waals surface area contributed by atoms with E-state index in [1.54, 1.807) is 7.11 Å². The summed E-state index contributed by atoms with van der Waals surface area (Å²) in [5.41, 5.74) is 1.52. The molecule has 1 heterocycles. The second-order valence-corrected chi connectivity index (χ2v) is 4.02. The molecule has 19 heavy (non-hydrogen) atoms. The fourth-order valence-electron chi connectivity index (χ4n) is 2.25. The standard InChI is InChI=1S/C13H17NO5/c1-4-5-8-9(6-14-15)11(17-3)13-12(10(8)16-2)18-7-19-13/h6,15H,4-5,7H2,1-3H3/b14-6+. The summed E-state index contributed by atoms with van der Waals surface area (Å²) in [6.45, 7) is 2.17. The smallest absolute Gasteiger partial charge is 0.231 e. The van der Waals surface area contributed by atoms with Crippen molar-refractivity contribution in [2.45, 2.75) is 19.8 Å². The van der Waals surface area contributed by atoms with Crippen molar-refractivity contribution in [2.24, 2.45) is 5.16 Å². The van der Waals surface area contributed by atoms with Gasteiger partial charge >= 0.3 is 0 Å². The summed E-state index contributed by atoms with van der Waals surface area (Å²) in [5.74, 6) is 2.12. The van der Waals surface area contributed by atoms with E-state index in [9.17, 15) is 0 Å². The van der Waals surface area contributed by atoms with E-state index in [0.29, 0.717) is 28.6 Å². The molecule has 0 spiro atoms. The Morgan fingerprint density at radius 1 is 1.21 bits per heavy atom. The van der Waals surface area contributed by atoms with Gasteiger partial charge in [0.2, 0.25) is 18.3 Å². The highest BCUT2D eigenvalue weighted by molar-refractivity contribution is 5.90. The molecule has 1 aromatic rings. The summed E-state index contributed by atoms with van der Waals surface area (Å²) >= 11 is 0. The third kappa shape index (κ3) is 2.14. The maximum atomic E-state index is 8.85. The molecule has 0 unspecified atom stereocenters. The Morgan fingerprint density at radius 3 is 2.37 bits per heavy atom. The van der Waals surface area contributed by atoms with Gasteiger partial charge < -0.3 is 24.2 Å². The van der Waals surface area contributed by atoms with Crippen LogP contribution in [-0.4, -0.2) is 32.4 Å². The second kappa shape index (κ2) is 5.69. The van der Waals surface area contributed by atoms with E-state index < -0.39 is 0 Å². The molecule has 2 rings (SSSR count). The lowest BCUT2D eigenvalue weighted by Gasteiger charge is -2.17. The summed E-state index contributed by atoms with van der Waals surface area (Å²) < 4.78 is 21.6. The second-order valence-electron chi connectivity index (χ2n) is 4.02. The van der Waals surface area contributed by atoms with E-state index in [1.165, 1.54) is 13.3 Å². The molecule has 1 aliphatic rings. The maximum Gasteiger partial charge on any atom is 0.231 e. The molecule has 0 radical (unpaired) electrons. The van der Waals surface area contributed by atoms with Gasteiger partial charge in [-0.05, 0) is 6.42 Å². The quantitative estimate of drug-likeness (QED) is 0.503. The molecule has 0 saturated carbocycles. The SMILES string of the molecule is CCCc1c(/C=N/O)c(OC)c2c(c1OC)OCO2. The molecular formula is C13H17NO5. The monoisotopic (exact) mass is 267 g/mol. The number of nitrogens with zero attached hydrogens (tertiary/aromatic N) is 1. The lowest BCUT2D eigenvalue weighted by molar-refractivity contribution is 0.168. The summed E-state index contributed by atoms with van der Waals surface area (Å²) in [6.07, 6.45) is 2.98. The average Bonchev–Trinajstić information content (AvgIpc) is 2.88. The van der Waals surface area contributed by atoms with Gasteiger partial charge in [-0.25, -0.2) is 0 Å². The first kappa shape index (κ1) is 13.3. The molecule has 6 heteroatoms. The molecule has 1 aliphatic heterocycles. The zero-order valence-corrected chi connectivity index (χ0v) is 11.2. The van der Waals surface area contributed by atoms with Gasteiger partial charge in [0.1, 0.15) is 0 Å². The van der Waals surface area contributed by atoms with E-state index in [1.807, 2.05) is 0 Å². The van der Waals surface area contributed by atoms with Crippen LogP contribution >= 0.6 is 0 Å². The van der Waals surface area contributed by atoms with E-state index in [2.05, 4.69) is 12.1 Å². The van der Waals surface area contributed by atoms with Gasteiger partial charge in [-0.2, -0.15) is 0 Å². The van der Waals surface area contributed by atoms with Gasteiger partial charge in [0.25, 0.3) is 0 Å². The lowest BCUT2D eigenvalue weighted by Crippen LogP contribution is -2.03. The summed E-state index contributed by atoms with van der Waals surface area (Å²) in [5, 5.41) is 11.9. The largest absolute Gasteiger partial charge is 0.492 e. The molecule has 0 aromatic heterocycles. The Hall–Kier alpha value is -2.11. The van der Waals surface area contributed by atoms with Crippen LogP contribution in [0, 0.1) is 0 Å². The Balaban J connectivity index is 2.74. The van der Waals surface area contributed by atoms with Crippen molar-refractivity contribution >= 4 is 6.21 Å². The van der Waals surface area contributed by atoms with E-state index in [0.717, 1.165) is 18.4 Å². The molecular weight excluding hydrogens is 250 g/mol. The molecule has 0 fully saturated rings. The zero-order chi connectivity index (χ0) is 13.8. The van der Waals surface area contributed by atoms with Crippen molar-refractivity contribution in [1.82, 2.24) is 0 Å². The van der Waals surface area contributed by atoms with Crippen LogP contribution in [0.25, 0.3) is 0 Å². The lowest BCUT2D eigenvalue weighted by atomic mass is 10.00. The van der Waals surface area contributed by atoms with E-state index in [-0.39, 0.29) is 6.79 Å². The fourth-order valence-corrected chi connectivity index (χ4v) is 2.25. The minimum Gasteiger partial charge on any atom is -0.492 e. The van der Waals surface area contributed by atoms with Gasteiger partial charge in [-0.3, -0.25) is 0 Å². The van der Waals surface area contributed by atoms with Crippen molar-refractivity contribution in [1.29, 1.82) is 0 Å². The fraction of sp³-hybridized carbons (Fsp3) is 0.462. The number of hydrogen-bond acceptors (Lipinski definition) is 6. The van der Waals surface area contributed by atoms with Gasteiger partial charge in [0.15, 0.2) is 11.5 Å². The average molecular weight is 267 g/mol. The van der Waals surface area contributed by atoms with E-state index in [4.69, 9.17) is 24.2 Å². The minimum absolute atomic E-state index is 0.118. The van der Waals surface area contributed by atoms with Gasteiger partial charge in [-0.15, -0.1) is 0 Å². The van der Waals surface area contributed by atoms with Crippen LogP contribution in [0.4, 0.5) is 0 Å². The highest BCUT2D eigenvalue weighted by atomic mass is 16.7. The number of fused-ring (bicyclic) bond motifs is 1. The highest BCUT2D eigenvalue weighted by Gasteiger charge is 2.30. The van der Waals surface area contributed by atoms with Crippen LogP contribution in [0.15, 0.2) is 5.16 Å². The Labute approximate surface area is 111 Å². The number of hydrogen-bond donors (Lipinski definition) is 1. The first-order valence-electron chi connectivity index (χ1n) is 6.02. The van der Waals surface area contributed by atoms with Crippen molar-refractivity contribution in [3.63, 3.8) is 0 Å². The molecule has 0 aliphatic carbocycles. The van der Waals surface area contributed by atoms with Gasteiger partial charge in [-0.1, -0.05) is 18.5 Å². The highest BCUT2D eigenvalue weighted by Crippen LogP contribution is 2.51. The third-order valence-corrected chi connectivity index (χ3v) is 2.96. The molecule has 1 N–H and O–H groups in total. The van der Waals surface area contributed by atoms with Crippen molar-refractivity contribution < 1.29 is 24.2 Å². The number of ether oxygens (including phenoxy) is 4. The van der Waals surface area contributed by atoms with Crippen LogP contribution in [0.5, 0.6) is 23.0 Å². The molecule has 104 valence electrons. The molecule has 0 atom stereocenters. The summed E-state index contributed by atoms with van der Waals surface area (Å²) in [6, 6.07) is 0. The minimum atomic E-state index is 0.118. The summed E-state index contributed by atoms with van der Waals surface area (Å²) in [4.78, 5) is 0. The van der Waals surface area contributed by atoms with Crippen molar-refractivity contribution in [3.8, 4) is 23.0 Å². The van der Waals surface area contributed by atoms with Crippen LogP contribution in [0.2, 0.25) is 0 Å². The predicted molar refractivity (Wildman–Crippen MR) is 69.0 cm³/mol. The molecule has 0 amide bonds. The molecule has 0 saturated heterocycles. The first-order chi connectivity index (χ1) is 9.28. The topological polar surface area (TPSA) is 69.5 Å².